The lowest BCUT2D eigenvalue weighted by Crippen LogP contribution is -2.35. The summed E-state index contributed by atoms with van der Waals surface area (Å²) in [6.07, 6.45) is 5.65. The summed E-state index contributed by atoms with van der Waals surface area (Å²) in [4.78, 5) is 14.3. The quantitative estimate of drug-likeness (QED) is 0.842. The van der Waals surface area contributed by atoms with Gasteiger partial charge in [0.05, 0.1) is 18.4 Å². The molecule has 1 fully saturated rings. The lowest BCUT2D eigenvalue weighted by Gasteiger charge is -2.30. The maximum absolute atomic E-state index is 12.0. The molecule has 0 aromatic carbocycles. The molecular formula is C14H21ClN4O. The number of halogens is 1. The van der Waals surface area contributed by atoms with Crippen LogP contribution in [0.3, 0.4) is 0 Å². The highest BCUT2D eigenvalue weighted by Crippen LogP contribution is 2.19. The third-order valence-electron chi connectivity index (χ3n) is 3.59. The molecule has 1 aliphatic rings. The van der Waals surface area contributed by atoms with Crippen molar-refractivity contribution in [1.82, 2.24) is 14.7 Å². The SMILES string of the molecule is C=CCn1ncc(NCC2CCCN(C)C2)c(Cl)c1=O. The predicted molar refractivity (Wildman–Crippen MR) is 82.4 cm³/mol. The van der Waals surface area contributed by atoms with Crippen molar-refractivity contribution in [2.24, 2.45) is 5.92 Å². The third-order valence-corrected chi connectivity index (χ3v) is 3.96. The van der Waals surface area contributed by atoms with Gasteiger partial charge in [-0.3, -0.25) is 4.79 Å². The number of hydrogen-bond donors (Lipinski definition) is 1. The number of piperidine rings is 1. The first-order valence-electron chi connectivity index (χ1n) is 6.90. The second kappa shape index (κ2) is 6.90. The average Bonchev–Trinajstić information content (AvgIpc) is 2.43. The standard InChI is InChI=1S/C14H21ClN4O/c1-3-6-19-14(20)13(15)12(9-17-19)16-8-11-5-4-7-18(2)10-11/h3,9,11,16H,1,4-8,10H2,2H3. The molecule has 2 rings (SSSR count). The van der Waals surface area contributed by atoms with Gasteiger partial charge in [0.25, 0.3) is 5.56 Å². The van der Waals surface area contributed by atoms with Gasteiger partial charge in [-0.2, -0.15) is 5.10 Å². The maximum atomic E-state index is 12.0. The zero-order valence-corrected chi connectivity index (χ0v) is 12.6. The van der Waals surface area contributed by atoms with Crippen molar-refractivity contribution in [1.29, 1.82) is 0 Å². The molecule has 20 heavy (non-hydrogen) atoms. The summed E-state index contributed by atoms with van der Waals surface area (Å²) in [5.74, 6) is 0.584. The van der Waals surface area contributed by atoms with Crippen LogP contribution in [0.4, 0.5) is 5.69 Å². The van der Waals surface area contributed by atoms with Crippen LogP contribution in [-0.2, 0) is 6.54 Å². The monoisotopic (exact) mass is 296 g/mol. The Morgan fingerprint density at radius 1 is 1.65 bits per heavy atom. The van der Waals surface area contributed by atoms with Crippen molar-refractivity contribution < 1.29 is 0 Å². The van der Waals surface area contributed by atoms with E-state index in [1.807, 2.05) is 0 Å². The number of anilines is 1. The highest BCUT2D eigenvalue weighted by Gasteiger charge is 2.17. The molecule has 110 valence electrons. The lowest BCUT2D eigenvalue weighted by atomic mass is 9.98. The molecule has 1 N–H and O–H groups in total. The van der Waals surface area contributed by atoms with Crippen LogP contribution in [0.1, 0.15) is 12.8 Å². The minimum absolute atomic E-state index is 0.200. The molecule has 1 aliphatic heterocycles. The smallest absolute Gasteiger partial charge is 0.287 e. The molecule has 0 amide bonds. The van der Waals surface area contributed by atoms with Gasteiger partial charge in [-0.15, -0.1) is 6.58 Å². The van der Waals surface area contributed by atoms with Crippen molar-refractivity contribution >= 4 is 17.3 Å². The van der Waals surface area contributed by atoms with Gasteiger partial charge in [0, 0.05) is 13.1 Å². The van der Waals surface area contributed by atoms with E-state index in [1.165, 1.54) is 17.5 Å². The number of hydrogen-bond acceptors (Lipinski definition) is 4. The number of nitrogens with one attached hydrogen (secondary N) is 1. The molecule has 0 bridgehead atoms. The number of likely N-dealkylation sites (tertiary alicyclic amines) is 1. The van der Waals surface area contributed by atoms with Crippen LogP contribution in [-0.4, -0.2) is 41.4 Å². The molecule has 2 heterocycles. The van der Waals surface area contributed by atoms with Crippen LogP contribution in [0.25, 0.3) is 0 Å². The zero-order chi connectivity index (χ0) is 14.5. The first-order chi connectivity index (χ1) is 9.61. The van der Waals surface area contributed by atoms with Gasteiger partial charge in [0.1, 0.15) is 5.02 Å². The van der Waals surface area contributed by atoms with Crippen molar-refractivity contribution in [2.75, 3.05) is 32.0 Å². The third kappa shape index (κ3) is 3.61. The van der Waals surface area contributed by atoms with E-state index in [9.17, 15) is 4.79 Å². The number of rotatable bonds is 5. The Morgan fingerprint density at radius 2 is 2.45 bits per heavy atom. The Kier molecular flexibility index (Phi) is 5.20. The van der Waals surface area contributed by atoms with Gasteiger partial charge in [-0.05, 0) is 32.4 Å². The van der Waals surface area contributed by atoms with Crippen LogP contribution >= 0.6 is 11.6 Å². The largest absolute Gasteiger partial charge is 0.382 e. The zero-order valence-electron chi connectivity index (χ0n) is 11.8. The molecule has 5 nitrogen and oxygen atoms in total. The lowest BCUT2D eigenvalue weighted by molar-refractivity contribution is 0.217. The molecule has 0 aliphatic carbocycles. The van der Waals surface area contributed by atoms with Crippen LogP contribution in [0.15, 0.2) is 23.6 Å². The van der Waals surface area contributed by atoms with Crippen molar-refractivity contribution in [2.45, 2.75) is 19.4 Å². The number of aromatic nitrogens is 2. The Bertz CT molecular complexity index is 528. The topological polar surface area (TPSA) is 50.2 Å². The van der Waals surface area contributed by atoms with Crippen LogP contribution in [0.5, 0.6) is 0 Å². The Balaban J connectivity index is 2.01. The molecule has 1 aromatic rings. The fraction of sp³-hybridized carbons (Fsp3) is 0.571. The highest BCUT2D eigenvalue weighted by molar-refractivity contribution is 6.32. The van der Waals surface area contributed by atoms with E-state index < -0.39 is 0 Å². The first kappa shape index (κ1) is 15.1. The normalized spacial score (nSPS) is 19.8. The summed E-state index contributed by atoms with van der Waals surface area (Å²) in [6, 6.07) is 0. The van der Waals surface area contributed by atoms with E-state index in [0.29, 0.717) is 18.2 Å². The Labute approximate surface area is 124 Å². The van der Waals surface area contributed by atoms with Gasteiger partial charge in [-0.1, -0.05) is 17.7 Å². The molecule has 0 radical (unpaired) electrons. The van der Waals surface area contributed by atoms with E-state index >= 15 is 0 Å². The molecule has 1 atom stereocenters. The van der Waals surface area contributed by atoms with Crippen molar-refractivity contribution in [3.05, 3.63) is 34.2 Å². The van der Waals surface area contributed by atoms with Gasteiger partial charge in [-0.25, -0.2) is 4.68 Å². The second-order valence-electron chi connectivity index (χ2n) is 5.30. The van der Waals surface area contributed by atoms with Crippen molar-refractivity contribution in [3.8, 4) is 0 Å². The Hall–Kier alpha value is -1.33. The van der Waals surface area contributed by atoms with Gasteiger partial charge in [0.15, 0.2) is 0 Å². The van der Waals surface area contributed by atoms with E-state index in [-0.39, 0.29) is 10.6 Å². The summed E-state index contributed by atoms with van der Waals surface area (Å²) >= 11 is 6.10. The second-order valence-corrected chi connectivity index (χ2v) is 5.68. The van der Waals surface area contributed by atoms with Crippen LogP contribution in [0.2, 0.25) is 5.02 Å². The molecule has 0 spiro atoms. The Morgan fingerprint density at radius 3 is 3.15 bits per heavy atom. The van der Waals surface area contributed by atoms with Crippen LogP contribution in [0, 0.1) is 5.92 Å². The minimum Gasteiger partial charge on any atom is -0.382 e. The summed E-state index contributed by atoms with van der Waals surface area (Å²) in [7, 11) is 2.14. The predicted octanol–water partition coefficient (Wildman–Crippen LogP) is 1.84. The molecule has 6 heteroatoms. The molecular weight excluding hydrogens is 276 g/mol. The summed E-state index contributed by atoms with van der Waals surface area (Å²) in [5.41, 5.74) is 0.336. The van der Waals surface area contributed by atoms with E-state index in [2.05, 4.69) is 28.9 Å². The van der Waals surface area contributed by atoms with E-state index in [1.54, 1.807) is 12.3 Å². The summed E-state index contributed by atoms with van der Waals surface area (Å²) < 4.78 is 1.30. The van der Waals surface area contributed by atoms with E-state index in [4.69, 9.17) is 11.6 Å². The number of allylic oxidation sites excluding steroid dienone is 1. The van der Waals surface area contributed by atoms with Gasteiger partial charge >= 0.3 is 0 Å². The first-order valence-corrected chi connectivity index (χ1v) is 7.28. The van der Waals surface area contributed by atoms with Crippen molar-refractivity contribution in [3.63, 3.8) is 0 Å². The fourth-order valence-corrected chi connectivity index (χ4v) is 2.75. The molecule has 1 unspecified atom stereocenters. The average molecular weight is 297 g/mol. The molecule has 0 saturated carbocycles. The van der Waals surface area contributed by atoms with Gasteiger partial charge < -0.3 is 10.2 Å². The van der Waals surface area contributed by atoms with Gasteiger partial charge in [0.2, 0.25) is 0 Å². The van der Waals surface area contributed by atoms with E-state index in [0.717, 1.165) is 19.6 Å². The van der Waals surface area contributed by atoms with Crippen LogP contribution < -0.4 is 10.9 Å². The molecule has 1 saturated heterocycles. The fourth-order valence-electron chi connectivity index (χ4n) is 2.53. The highest BCUT2D eigenvalue weighted by atomic mass is 35.5. The summed E-state index contributed by atoms with van der Waals surface area (Å²) in [6.45, 7) is 7.01. The number of nitrogens with zero attached hydrogens (tertiary/aromatic N) is 3. The minimum atomic E-state index is -0.280. The summed E-state index contributed by atoms with van der Waals surface area (Å²) in [5, 5.41) is 7.54. The molecule has 1 aromatic heterocycles. The maximum Gasteiger partial charge on any atom is 0.287 e.